The SMILES string of the molecule is CCOC(=O)C(C)(c1cc2cc(C#N)ccc2[nH]1)c1c(OC)cc(C)c2c1ccn2C(=O)OC(C)(C)C. The molecule has 192 valence electrons. The molecule has 0 spiro atoms. The van der Waals surface area contributed by atoms with Crippen LogP contribution < -0.4 is 4.74 Å². The third-order valence-corrected chi connectivity index (χ3v) is 6.41. The van der Waals surface area contributed by atoms with Gasteiger partial charge >= 0.3 is 12.1 Å². The average molecular weight is 502 g/mol. The van der Waals surface area contributed by atoms with Crippen molar-refractivity contribution < 1.29 is 23.8 Å². The van der Waals surface area contributed by atoms with E-state index in [9.17, 15) is 14.9 Å². The minimum atomic E-state index is -1.33. The highest BCUT2D eigenvalue weighted by Crippen LogP contribution is 2.45. The zero-order chi connectivity index (χ0) is 27.1. The maximum absolute atomic E-state index is 13.7. The van der Waals surface area contributed by atoms with Crippen LogP contribution in [0.4, 0.5) is 4.79 Å². The molecular weight excluding hydrogens is 470 g/mol. The molecule has 1 N–H and O–H groups in total. The molecule has 1 unspecified atom stereocenters. The second-order valence-corrected chi connectivity index (χ2v) is 10.1. The van der Waals surface area contributed by atoms with Crippen LogP contribution in [0.2, 0.25) is 0 Å². The number of hydrogen-bond acceptors (Lipinski definition) is 6. The molecule has 8 heteroatoms. The van der Waals surface area contributed by atoms with Gasteiger partial charge in [0.25, 0.3) is 0 Å². The van der Waals surface area contributed by atoms with Gasteiger partial charge in [-0.1, -0.05) is 0 Å². The van der Waals surface area contributed by atoms with Crippen LogP contribution in [-0.2, 0) is 19.7 Å². The minimum Gasteiger partial charge on any atom is -0.496 e. The van der Waals surface area contributed by atoms with E-state index < -0.39 is 23.1 Å². The number of esters is 1. The smallest absolute Gasteiger partial charge is 0.419 e. The predicted molar refractivity (Wildman–Crippen MR) is 141 cm³/mol. The number of aromatic nitrogens is 2. The van der Waals surface area contributed by atoms with Crippen molar-refractivity contribution in [1.29, 1.82) is 5.26 Å². The first-order chi connectivity index (χ1) is 17.4. The second-order valence-electron chi connectivity index (χ2n) is 10.1. The first-order valence-electron chi connectivity index (χ1n) is 12.1. The lowest BCUT2D eigenvalue weighted by Gasteiger charge is -2.30. The average Bonchev–Trinajstić information content (AvgIpc) is 3.47. The van der Waals surface area contributed by atoms with Crippen molar-refractivity contribution in [2.24, 2.45) is 0 Å². The molecule has 0 bridgehead atoms. The van der Waals surface area contributed by atoms with E-state index in [0.717, 1.165) is 16.5 Å². The number of rotatable bonds is 5. The molecule has 0 fully saturated rings. The number of ether oxygens (including phenoxy) is 3. The topological polar surface area (TPSA) is 106 Å². The lowest BCUT2D eigenvalue weighted by Crippen LogP contribution is -2.37. The fourth-order valence-electron chi connectivity index (χ4n) is 4.74. The van der Waals surface area contributed by atoms with E-state index in [1.54, 1.807) is 45.4 Å². The fourth-order valence-corrected chi connectivity index (χ4v) is 4.74. The van der Waals surface area contributed by atoms with Gasteiger partial charge in [0.2, 0.25) is 0 Å². The summed E-state index contributed by atoms with van der Waals surface area (Å²) in [5, 5.41) is 10.8. The number of aryl methyl sites for hydroxylation is 1. The molecule has 0 amide bonds. The Labute approximate surface area is 215 Å². The van der Waals surface area contributed by atoms with Gasteiger partial charge in [0, 0.05) is 33.7 Å². The van der Waals surface area contributed by atoms with E-state index in [1.165, 1.54) is 4.57 Å². The molecule has 4 aromatic rings. The van der Waals surface area contributed by atoms with Crippen molar-refractivity contribution in [3.63, 3.8) is 0 Å². The Morgan fingerprint density at radius 2 is 1.84 bits per heavy atom. The highest BCUT2D eigenvalue weighted by molar-refractivity contribution is 6.01. The summed E-state index contributed by atoms with van der Waals surface area (Å²) in [4.78, 5) is 30.2. The normalized spacial score (nSPS) is 13.2. The van der Waals surface area contributed by atoms with Gasteiger partial charge in [0.1, 0.15) is 16.8 Å². The molecule has 0 saturated carbocycles. The third-order valence-electron chi connectivity index (χ3n) is 6.41. The number of aromatic amines is 1. The Morgan fingerprint density at radius 3 is 2.46 bits per heavy atom. The summed E-state index contributed by atoms with van der Waals surface area (Å²) in [5.74, 6) is 0.00870. The van der Waals surface area contributed by atoms with Crippen molar-refractivity contribution in [3.05, 3.63) is 65.0 Å². The molecule has 1 atom stereocenters. The zero-order valence-electron chi connectivity index (χ0n) is 22.2. The van der Waals surface area contributed by atoms with Crippen LogP contribution in [0.5, 0.6) is 5.75 Å². The predicted octanol–water partition coefficient (Wildman–Crippen LogP) is 5.96. The molecule has 37 heavy (non-hydrogen) atoms. The van der Waals surface area contributed by atoms with Crippen LogP contribution in [0.1, 0.15) is 57.0 Å². The maximum atomic E-state index is 13.7. The van der Waals surface area contributed by atoms with Gasteiger partial charge in [-0.2, -0.15) is 5.26 Å². The Kier molecular flexibility index (Phi) is 6.51. The van der Waals surface area contributed by atoms with Crippen LogP contribution in [0, 0.1) is 18.3 Å². The van der Waals surface area contributed by atoms with Crippen LogP contribution in [-0.4, -0.2) is 40.9 Å². The molecule has 4 rings (SSSR count). The van der Waals surface area contributed by atoms with E-state index in [2.05, 4.69) is 11.1 Å². The second kappa shape index (κ2) is 9.32. The highest BCUT2D eigenvalue weighted by Gasteiger charge is 2.44. The first-order valence-corrected chi connectivity index (χ1v) is 12.1. The number of H-pyrrole nitrogens is 1. The molecule has 0 saturated heterocycles. The number of carbonyl (C=O) groups is 2. The van der Waals surface area contributed by atoms with Crippen LogP contribution in [0.15, 0.2) is 42.6 Å². The van der Waals surface area contributed by atoms with Gasteiger partial charge in [-0.15, -0.1) is 0 Å². The highest BCUT2D eigenvalue weighted by atomic mass is 16.6. The molecular formula is C29H31N3O5. The van der Waals surface area contributed by atoms with E-state index in [4.69, 9.17) is 14.2 Å². The Balaban J connectivity index is 2.04. The number of benzene rings is 2. The number of hydrogen-bond donors (Lipinski definition) is 1. The summed E-state index contributed by atoms with van der Waals surface area (Å²) in [5.41, 5.74) is 1.81. The molecule has 0 aliphatic carbocycles. The van der Waals surface area contributed by atoms with Crippen molar-refractivity contribution in [1.82, 2.24) is 9.55 Å². The lowest BCUT2D eigenvalue weighted by molar-refractivity contribution is -0.147. The standard InChI is InChI=1S/C29H31N3O5/c1-8-36-26(33)29(6,23-15-19-14-18(16-30)9-10-21(19)31-23)24-20-11-12-32(27(34)37-28(3,4)5)25(20)17(2)13-22(24)35-7/h9-15,31H,8H2,1-7H3. The number of nitriles is 1. The molecule has 0 aliphatic heterocycles. The fraction of sp³-hybridized carbons (Fsp3) is 0.345. The van der Waals surface area contributed by atoms with Crippen molar-refractivity contribution in [2.75, 3.05) is 13.7 Å². The molecule has 8 nitrogen and oxygen atoms in total. The van der Waals surface area contributed by atoms with E-state index in [0.29, 0.717) is 33.5 Å². The Bertz CT molecular complexity index is 1560. The summed E-state index contributed by atoms with van der Waals surface area (Å²) in [6.45, 7) is 11.0. The van der Waals surface area contributed by atoms with Crippen molar-refractivity contribution in [2.45, 2.75) is 52.6 Å². The van der Waals surface area contributed by atoms with E-state index in [-0.39, 0.29) is 6.61 Å². The van der Waals surface area contributed by atoms with Crippen molar-refractivity contribution in [3.8, 4) is 11.8 Å². The van der Waals surface area contributed by atoms with E-state index >= 15 is 0 Å². The van der Waals surface area contributed by atoms with E-state index in [1.807, 2.05) is 45.9 Å². The third kappa shape index (κ3) is 4.42. The van der Waals surface area contributed by atoms with Gasteiger partial charge in [0.05, 0.1) is 30.9 Å². The molecule has 2 heterocycles. The summed E-state index contributed by atoms with van der Waals surface area (Å²) < 4.78 is 18.5. The summed E-state index contributed by atoms with van der Waals surface area (Å²) in [6, 6.07) is 12.9. The number of nitrogens with one attached hydrogen (secondary N) is 1. The van der Waals surface area contributed by atoms with Gasteiger partial charge in [-0.3, -0.25) is 9.36 Å². The van der Waals surface area contributed by atoms with Gasteiger partial charge in [-0.05, 0) is 83.5 Å². The first kappa shape index (κ1) is 25.8. The molecule has 0 radical (unpaired) electrons. The monoisotopic (exact) mass is 501 g/mol. The van der Waals surface area contributed by atoms with Gasteiger partial charge < -0.3 is 19.2 Å². The van der Waals surface area contributed by atoms with Crippen molar-refractivity contribution >= 4 is 33.9 Å². The number of methoxy groups -OCH3 is 1. The number of fused-ring (bicyclic) bond motifs is 2. The molecule has 2 aromatic heterocycles. The Hall–Kier alpha value is -4.25. The van der Waals surface area contributed by atoms with Crippen LogP contribution >= 0.6 is 0 Å². The minimum absolute atomic E-state index is 0.184. The van der Waals surface area contributed by atoms with Crippen LogP contribution in [0.3, 0.4) is 0 Å². The molecule has 2 aromatic carbocycles. The largest absolute Gasteiger partial charge is 0.496 e. The number of carbonyl (C=O) groups excluding carboxylic acids is 2. The van der Waals surface area contributed by atoms with Gasteiger partial charge in [-0.25, -0.2) is 4.79 Å². The van der Waals surface area contributed by atoms with Crippen LogP contribution in [0.25, 0.3) is 21.8 Å². The Morgan fingerprint density at radius 1 is 1.11 bits per heavy atom. The summed E-state index contributed by atoms with van der Waals surface area (Å²) in [6.07, 6.45) is 1.12. The lowest BCUT2D eigenvalue weighted by atomic mass is 9.76. The zero-order valence-corrected chi connectivity index (χ0v) is 22.2. The quantitative estimate of drug-likeness (QED) is 0.338. The maximum Gasteiger partial charge on any atom is 0.419 e. The summed E-state index contributed by atoms with van der Waals surface area (Å²) in [7, 11) is 1.55. The number of nitrogens with zero attached hydrogens (tertiary/aromatic N) is 2. The summed E-state index contributed by atoms with van der Waals surface area (Å²) >= 11 is 0. The molecule has 0 aliphatic rings. The van der Waals surface area contributed by atoms with Gasteiger partial charge in [0.15, 0.2) is 0 Å².